The van der Waals surface area contributed by atoms with Crippen molar-refractivity contribution in [2.24, 2.45) is 5.73 Å². The van der Waals surface area contributed by atoms with Gasteiger partial charge in [-0.1, -0.05) is 11.6 Å². The maximum absolute atomic E-state index is 5.64. The molecule has 2 nitrogen and oxygen atoms in total. The van der Waals surface area contributed by atoms with Crippen molar-refractivity contribution in [1.29, 1.82) is 0 Å². The monoisotopic (exact) mass is 141 g/mol. The van der Waals surface area contributed by atoms with E-state index in [-0.39, 0.29) is 0 Å². The molecule has 0 fully saturated rings. The molecule has 1 atom stereocenters. The zero-order valence-corrected chi connectivity index (χ0v) is 6.47. The van der Waals surface area contributed by atoms with Crippen LogP contribution < -0.4 is 5.73 Å². The molecule has 0 aromatic carbocycles. The van der Waals surface area contributed by atoms with Crippen molar-refractivity contribution in [2.75, 3.05) is 13.2 Å². The van der Waals surface area contributed by atoms with E-state index in [1.807, 2.05) is 6.92 Å². The maximum atomic E-state index is 5.64. The van der Waals surface area contributed by atoms with Gasteiger partial charge in [0.2, 0.25) is 0 Å². The minimum absolute atomic E-state index is 0.296. The maximum Gasteiger partial charge on any atom is 0.0650 e. The van der Waals surface area contributed by atoms with Crippen molar-refractivity contribution >= 4 is 0 Å². The molecular weight excluding hydrogens is 126 g/mol. The standard InChI is InChI=1S/C8H15NO/c1-7(9)6-8-2-4-10-5-3-8/h2,7H,3-6,9H2,1H3. The second kappa shape index (κ2) is 3.74. The van der Waals surface area contributed by atoms with Crippen LogP contribution in [0.4, 0.5) is 0 Å². The predicted octanol–water partition coefficient (Wildman–Crippen LogP) is 1.07. The summed E-state index contributed by atoms with van der Waals surface area (Å²) in [5.74, 6) is 0. The van der Waals surface area contributed by atoms with Gasteiger partial charge in [-0.2, -0.15) is 0 Å². The molecule has 0 aromatic heterocycles. The van der Waals surface area contributed by atoms with Crippen LogP contribution in [0.3, 0.4) is 0 Å². The molecule has 0 amide bonds. The molecule has 1 aliphatic heterocycles. The van der Waals surface area contributed by atoms with Crippen LogP contribution in [0.15, 0.2) is 11.6 Å². The van der Waals surface area contributed by atoms with Gasteiger partial charge < -0.3 is 10.5 Å². The lowest BCUT2D eigenvalue weighted by atomic mass is 10.0. The smallest absolute Gasteiger partial charge is 0.0650 e. The zero-order chi connectivity index (χ0) is 7.40. The van der Waals surface area contributed by atoms with E-state index in [0.29, 0.717) is 6.04 Å². The normalized spacial score (nSPS) is 22.0. The molecule has 58 valence electrons. The van der Waals surface area contributed by atoms with E-state index >= 15 is 0 Å². The van der Waals surface area contributed by atoms with Crippen molar-refractivity contribution in [3.05, 3.63) is 11.6 Å². The van der Waals surface area contributed by atoms with Crippen molar-refractivity contribution < 1.29 is 4.74 Å². The van der Waals surface area contributed by atoms with Gasteiger partial charge in [-0.05, 0) is 19.8 Å². The molecule has 0 aliphatic carbocycles. The summed E-state index contributed by atoms with van der Waals surface area (Å²) in [5.41, 5.74) is 7.10. The second-order valence-electron chi connectivity index (χ2n) is 2.87. The Morgan fingerprint density at radius 2 is 2.60 bits per heavy atom. The minimum atomic E-state index is 0.296. The van der Waals surface area contributed by atoms with Gasteiger partial charge in [0.15, 0.2) is 0 Å². The van der Waals surface area contributed by atoms with Gasteiger partial charge in [0.05, 0.1) is 13.2 Å². The number of ether oxygens (including phenoxy) is 1. The first-order valence-corrected chi connectivity index (χ1v) is 3.80. The molecule has 2 heteroatoms. The molecule has 1 rings (SSSR count). The predicted molar refractivity (Wildman–Crippen MR) is 41.8 cm³/mol. The largest absolute Gasteiger partial charge is 0.377 e. The van der Waals surface area contributed by atoms with Crippen LogP contribution in [0.25, 0.3) is 0 Å². The van der Waals surface area contributed by atoms with Crippen molar-refractivity contribution in [3.63, 3.8) is 0 Å². The average molecular weight is 141 g/mol. The summed E-state index contributed by atoms with van der Waals surface area (Å²) in [5, 5.41) is 0. The fraction of sp³-hybridized carbons (Fsp3) is 0.750. The third kappa shape index (κ3) is 2.50. The summed E-state index contributed by atoms with van der Waals surface area (Å²) in [6.45, 7) is 3.69. The summed E-state index contributed by atoms with van der Waals surface area (Å²) < 4.78 is 5.16. The highest BCUT2D eigenvalue weighted by Gasteiger charge is 2.04. The molecule has 10 heavy (non-hydrogen) atoms. The van der Waals surface area contributed by atoms with Crippen LogP contribution in [0.2, 0.25) is 0 Å². The zero-order valence-electron chi connectivity index (χ0n) is 6.47. The second-order valence-corrected chi connectivity index (χ2v) is 2.87. The molecular formula is C8H15NO. The quantitative estimate of drug-likeness (QED) is 0.584. The molecule has 1 aliphatic rings. The Morgan fingerprint density at radius 1 is 1.80 bits per heavy atom. The highest BCUT2D eigenvalue weighted by molar-refractivity contribution is 5.05. The molecule has 0 radical (unpaired) electrons. The van der Waals surface area contributed by atoms with Crippen molar-refractivity contribution in [3.8, 4) is 0 Å². The van der Waals surface area contributed by atoms with Gasteiger partial charge in [-0.15, -0.1) is 0 Å². The third-order valence-corrected chi connectivity index (χ3v) is 1.64. The van der Waals surface area contributed by atoms with Crippen LogP contribution in [-0.2, 0) is 4.74 Å². The van der Waals surface area contributed by atoms with Crippen LogP contribution in [0, 0.1) is 0 Å². The average Bonchev–Trinajstić information content (AvgIpc) is 1.88. The summed E-state index contributed by atoms with van der Waals surface area (Å²) in [4.78, 5) is 0. The molecule has 0 bridgehead atoms. The van der Waals surface area contributed by atoms with Gasteiger partial charge >= 0.3 is 0 Å². The highest BCUT2D eigenvalue weighted by atomic mass is 16.5. The van der Waals surface area contributed by atoms with Crippen LogP contribution in [0.1, 0.15) is 19.8 Å². The fourth-order valence-corrected chi connectivity index (χ4v) is 1.16. The van der Waals surface area contributed by atoms with Gasteiger partial charge in [0.25, 0.3) is 0 Å². The lowest BCUT2D eigenvalue weighted by Gasteiger charge is -2.14. The SMILES string of the molecule is CC(N)CC1=CCOCC1. The van der Waals surface area contributed by atoms with Crippen LogP contribution in [0.5, 0.6) is 0 Å². The Kier molecular flexibility index (Phi) is 2.90. The highest BCUT2D eigenvalue weighted by Crippen LogP contribution is 2.12. The number of rotatable bonds is 2. The molecule has 0 saturated carbocycles. The Morgan fingerprint density at radius 3 is 3.10 bits per heavy atom. The van der Waals surface area contributed by atoms with E-state index < -0.39 is 0 Å². The minimum Gasteiger partial charge on any atom is -0.377 e. The summed E-state index contributed by atoms with van der Waals surface area (Å²) in [7, 11) is 0. The first kappa shape index (κ1) is 7.76. The summed E-state index contributed by atoms with van der Waals surface area (Å²) >= 11 is 0. The van der Waals surface area contributed by atoms with Gasteiger partial charge in [0.1, 0.15) is 0 Å². The Labute approximate surface area is 62.1 Å². The van der Waals surface area contributed by atoms with E-state index in [0.717, 1.165) is 26.1 Å². The fourth-order valence-electron chi connectivity index (χ4n) is 1.16. The van der Waals surface area contributed by atoms with E-state index in [2.05, 4.69) is 6.08 Å². The Hall–Kier alpha value is -0.340. The first-order valence-electron chi connectivity index (χ1n) is 3.80. The lowest BCUT2D eigenvalue weighted by Crippen LogP contribution is -2.17. The summed E-state index contributed by atoms with van der Waals surface area (Å²) in [6, 6.07) is 0.296. The van der Waals surface area contributed by atoms with Crippen molar-refractivity contribution in [2.45, 2.75) is 25.8 Å². The molecule has 0 spiro atoms. The number of hydrogen-bond acceptors (Lipinski definition) is 2. The van der Waals surface area contributed by atoms with E-state index in [1.165, 1.54) is 5.57 Å². The summed E-state index contributed by atoms with van der Waals surface area (Å²) in [6.07, 6.45) is 4.25. The third-order valence-electron chi connectivity index (χ3n) is 1.64. The van der Waals surface area contributed by atoms with Gasteiger partial charge in [-0.3, -0.25) is 0 Å². The molecule has 0 aromatic rings. The molecule has 1 heterocycles. The van der Waals surface area contributed by atoms with E-state index in [4.69, 9.17) is 10.5 Å². The topological polar surface area (TPSA) is 35.2 Å². The number of hydrogen-bond donors (Lipinski definition) is 1. The Balaban J connectivity index is 2.31. The van der Waals surface area contributed by atoms with Gasteiger partial charge in [0, 0.05) is 6.04 Å². The Bertz CT molecular complexity index is 129. The molecule has 2 N–H and O–H groups in total. The first-order chi connectivity index (χ1) is 4.79. The van der Waals surface area contributed by atoms with Crippen LogP contribution >= 0.6 is 0 Å². The van der Waals surface area contributed by atoms with E-state index in [1.54, 1.807) is 0 Å². The lowest BCUT2D eigenvalue weighted by molar-refractivity contribution is 0.153. The van der Waals surface area contributed by atoms with Gasteiger partial charge in [-0.25, -0.2) is 0 Å². The number of nitrogens with two attached hydrogens (primary N) is 1. The van der Waals surface area contributed by atoms with Crippen molar-refractivity contribution in [1.82, 2.24) is 0 Å². The molecule has 1 unspecified atom stereocenters. The van der Waals surface area contributed by atoms with Crippen LogP contribution in [-0.4, -0.2) is 19.3 Å². The molecule has 0 saturated heterocycles. The van der Waals surface area contributed by atoms with E-state index in [9.17, 15) is 0 Å².